The Kier molecular flexibility index (Phi) is 4.69. The number of alkyl halides is 2. The zero-order chi connectivity index (χ0) is 14.5. The maximum Gasteiger partial charge on any atom is 0.387 e. The van der Waals surface area contributed by atoms with Crippen LogP contribution in [0.3, 0.4) is 0 Å². The lowest BCUT2D eigenvalue weighted by atomic mass is 10.00. The van der Waals surface area contributed by atoms with Gasteiger partial charge in [-0.3, -0.25) is 0 Å². The van der Waals surface area contributed by atoms with Gasteiger partial charge in [0.1, 0.15) is 5.75 Å². The van der Waals surface area contributed by atoms with Crippen molar-refractivity contribution in [1.82, 2.24) is 0 Å². The summed E-state index contributed by atoms with van der Waals surface area (Å²) in [5, 5.41) is 10.2. The van der Waals surface area contributed by atoms with Gasteiger partial charge in [0.2, 0.25) is 0 Å². The highest BCUT2D eigenvalue weighted by molar-refractivity contribution is 5.36. The molecule has 0 saturated heterocycles. The summed E-state index contributed by atoms with van der Waals surface area (Å²) in [4.78, 5) is 0. The molecule has 0 saturated carbocycles. The number of hydrogen-bond acceptors (Lipinski definition) is 2. The molecule has 2 rings (SSSR count). The van der Waals surface area contributed by atoms with Gasteiger partial charge < -0.3 is 9.84 Å². The highest BCUT2D eigenvalue weighted by atomic mass is 19.3. The molecule has 0 aromatic heterocycles. The molecule has 20 heavy (non-hydrogen) atoms. The van der Waals surface area contributed by atoms with Crippen molar-refractivity contribution < 1.29 is 18.6 Å². The first kappa shape index (κ1) is 14.5. The lowest BCUT2D eigenvalue weighted by Gasteiger charge is -2.16. The Morgan fingerprint density at radius 2 is 1.70 bits per heavy atom. The van der Waals surface area contributed by atoms with E-state index in [0.29, 0.717) is 12.0 Å². The normalized spacial score (nSPS) is 12.4. The third-order valence-electron chi connectivity index (χ3n) is 3.04. The second-order valence-corrected chi connectivity index (χ2v) is 4.62. The van der Waals surface area contributed by atoms with E-state index in [2.05, 4.69) is 4.74 Å². The molecule has 106 valence electrons. The van der Waals surface area contributed by atoms with Gasteiger partial charge in [-0.15, -0.1) is 0 Å². The minimum Gasteiger partial charge on any atom is -0.434 e. The fourth-order valence-corrected chi connectivity index (χ4v) is 2.02. The number of aliphatic hydroxyl groups is 1. The van der Waals surface area contributed by atoms with Crippen LogP contribution in [0, 0.1) is 6.92 Å². The predicted octanol–water partition coefficient (Wildman–Crippen LogP) is 3.87. The lowest BCUT2D eigenvalue weighted by molar-refractivity contribution is -0.0515. The second-order valence-electron chi connectivity index (χ2n) is 4.62. The fourth-order valence-electron chi connectivity index (χ4n) is 2.02. The Hall–Kier alpha value is -1.94. The van der Waals surface area contributed by atoms with E-state index in [4.69, 9.17) is 0 Å². The van der Waals surface area contributed by atoms with Crippen LogP contribution in [0.2, 0.25) is 0 Å². The Morgan fingerprint density at radius 3 is 2.35 bits per heavy atom. The standard InChI is InChI=1S/C16H16F2O2/c1-11-6-8-12(9-7-11)10-14(19)13-4-2-3-5-15(13)20-16(17)18/h2-9,14,16,19H,10H2,1H3. The topological polar surface area (TPSA) is 29.5 Å². The molecule has 0 spiro atoms. The van der Waals surface area contributed by atoms with Gasteiger partial charge in [-0.2, -0.15) is 8.78 Å². The maximum absolute atomic E-state index is 12.3. The van der Waals surface area contributed by atoms with E-state index >= 15 is 0 Å². The summed E-state index contributed by atoms with van der Waals surface area (Å²) in [5.41, 5.74) is 2.44. The SMILES string of the molecule is Cc1ccc(CC(O)c2ccccc2OC(F)F)cc1. The summed E-state index contributed by atoms with van der Waals surface area (Å²) in [5.74, 6) is 0.0158. The molecule has 0 radical (unpaired) electrons. The van der Waals surface area contributed by atoms with E-state index in [9.17, 15) is 13.9 Å². The smallest absolute Gasteiger partial charge is 0.387 e. The summed E-state index contributed by atoms with van der Waals surface area (Å²) in [6.07, 6.45) is -0.531. The van der Waals surface area contributed by atoms with Gasteiger partial charge in [0.25, 0.3) is 0 Å². The van der Waals surface area contributed by atoms with Crippen molar-refractivity contribution in [3.8, 4) is 5.75 Å². The number of aliphatic hydroxyl groups excluding tert-OH is 1. The van der Waals surface area contributed by atoms with Gasteiger partial charge in [0, 0.05) is 12.0 Å². The van der Waals surface area contributed by atoms with Crippen LogP contribution in [-0.2, 0) is 6.42 Å². The lowest BCUT2D eigenvalue weighted by Crippen LogP contribution is -2.08. The third kappa shape index (κ3) is 3.78. The zero-order valence-corrected chi connectivity index (χ0v) is 11.1. The molecule has 0 bridgehead atoms. The molecule has 0 fully saturated rings. The number of halogens is 2. The van der Waals surface area contributed by atoms with Crippen LogP contribution in [-0.4, -0.2) is 11.7 Å². The quantitative estimate of drug-likeness (QED) is 0.899. The van der Waals surface area contributed by atoms with E-state index in [1.54, 1.807) is 18.2 Å². The van der Waals surface area contributed by atoms with Crippen LogP contribution in [0.4, 0.5) is 8.78 Å². The molecule has 0 amide bonds. The molecule has 2 aromatic rings. The van der Waals surface area contributed by atoms with Crippen molar-refractivity contribution in [3.05, 3.63) is 65.2 Å². The second kappa shape index (κ2) is 6.48. The molecule has 1 N–H and O–H groups in total. The van der Waals surface area contributed by atoms with Crippen molar-refractivity contribution in [2.75, 3.05) is 0 Å². The van der Waals surface area contributed by atoms with Crippen LogP contribution in [0.15, 0.2) is 48.5 Å². The zero-order valence-electron chi connectivity index (χ0n) is 11.1. The molecule has 0 aliphatic rings. The van der Waals surface area contributed by atoms with Crippen LogP contribution in [0.5, 0.6) is 5.75 Å². The van der Waals surface area contributed by atoms with E-state index in [1.807, 2.05) is 31.2 Å². The first-order chi connectivity index (χ1) is 9.56. The number of ether oxygens (including phenoxy) is 1. The number of aryl methyl sites for hydroxylation is 1. The van der Waals surface area contributed by atoms with Gasteiger partial charge in [0.15, 0.2) is 0 Å². The van der Waals surface area contributed by atoms with Crippen LogP contribution in [0.1, 0.15) is 22.8 Å². The van der Waals surface area contributed by atoms with Crippen LogP contribution in [0.25, 0.3) is 0 Å². The largest absolute Gasteiger partial charge is 0.434 e. The number of rotatable bonds is 5. The van der Waals surface area contributed by atoms with E-state index in [1.165, 1.54) is 6.07 Å². The molecule has 2 nitrogen and oxygen atoms in total. The minimum absolute atomic E-state index is 0.0158. The third-order valence-corrected chi connectivity index (χ3v) is 3.04. The number of para-hydroxylation sites is 1. The minimum atomic E-state index is -2.90. The molecular formula is C16H16F2O2. The Labute approximate surface area is 116 Å². The van der Waals surface area contributed by atoms with Crippen LogP contribution >= 0.6 is 0 Å². The highest BCUT2D eigenvalue weighted by Crippen LogP contribution is 2.28. The molecule has 1 atom stereocenters. The molecule has 2 aromatic carbocycles. The van der Waals surface area contributed by atoms with Crippen molar-refractivity contribution >= 4 is 0 Å². The molecule has 0 heterocycles. The molecular weight excluding hydrogens is 262 g/mol. The summed E-state index contributed by atoms with van der Waals surface area (Å²) in [6, 6.07) is 14.0. The highest BCUT2D eigenvalue weighted by Gasteiger charge is 2.16. The number of benzene rings is 2. The Morgan fingerprint density at radius 1 is 1.05 bits per heavy atom. The first-order valence-electron chi connectivity index (χ1n) is 6.33. The summed E-state index contributed by atoms with van der Waals surface area (Å²) in [7, 11) is 0. The van der Waals surface area contributed by atoms with Gasteiger partial charge in [0.05, 0.1) is 6.10 Å². The molecule has 0 aliphatic carbocycles. The molecule has 1 unspecified atom stereocenters. The summed E-state index contributed by atoms with van der Waals surface area (Å²) < 4.78 is 29.1. The van der Waals surface area contributed by atoms with Gasteiger partial charge in [-0.1, -0.05) is 48.0 Å². The summed E-state index contributed by atoms with van der Waals surface area (Å²) in [6.45, 7) is -0.922. The van der Waals surface area contributed by atoms with Crippen molar-refractivity contribution in [1.29, 1.82) is 0 Å². The van der Waals surface area contributed by atoms with Crippen molar-refractivity contribution in [2.24, 2.45) is 0 Å². The first-order valence-corrected chi connectivity index (χ1v) is 6.33. The Balaban J connectivity index is 2.16. The van der Waals surface area contributed by atoms with E-state index in [0.717, 1.165) is 11.1 Å². The van der Waals surface area contributed by atoms with Gasteiger partial charge >= 0.3 is 6.61 Å². The van der Waals surface area contributed by atoms with Gasteiger partial charge in [-0.25, -0.2) is 0 Å². The maximum atomic E-state index is 12.3. The van der Waals surface area contributed by atoms with E-state index < -0.39 is 12.7 Å². The average molecular weight is 278 g/mol. The fraction of sp³-hybridized carbons (Fsp3) is 0.250. The van der Waals surface area contributed by atoms with Crippen LogP contribution < -0.4 is 4.74 Å². The summed E-state index contributed by atoms with van der Waals surface area (Å²) >= 11 is 0. The van der Waals surface area contributed by atoms with Crippen molar-refractivity contribution in [3.63, 3.8) is 0 Å². The predicted molar refractivity (Wildman–Crippen MR) is 72.9 cm³/mol. The number of hydrogen-bond donors (Lipinski definition) is 1. The van der Waals surface area contributed by atoms with E-state index in [-0.39, 0.29) is 5.75 Å². The molecule has 4 heteroatoms. The molecule has 0 aliphatic heterocycles. The van der Waals surface area contributed by atoms with Gasteiger partial charge in [-0.05, 0) is 18.6 Å². The Bertz CT molecular complexity index is 553. The monoisotopic (exact) mass is 278 g/mol. The average Bonchev–Trinajstić information content (AvgIpc) is 2.41. The van der Waals surface area contributed by atoms with Crippen molar-refractivity contribution in [2.45, 2.75) is 26.1 Å².